The fraction of sp³-hybridized carbons (Fsp3) is 0.469. The fourth-order valence-corrected chi connectivity index (χ4v) is 5.08. The summed E-state index contributed by atoms with van der Waals surface area (Å²) in [6.45, 7) is 7.04. The minimum Gasteiger partial charge on any atom is -0.464 e. The van der Waals surface area contributed by atoms with Gasteiger partial charge in [0.15, 0.2) is 5.43 Å². The number of carbonyl (C=O) groups is 2. The standard InChI is InChI=1S/C32H41N3O4/c1-23(2)16-17-34(32(38)33-27-12-8-5-9-13-27)21-30(36)35(19-25-10-6-4-7-11-25)20-26-22-39-29-15-14-24(3)18-28(29)31(26)37/h4,6-7,10-11,14-15,18,22-23,27H,5,8-9,12-13,16-17,19-21H2,1-3H3,(H,33,38). The lowest BCUT2D eigenvalue weighted by Gasteiger charge is -2.30. The monoisotopic (exact) mass is 531 g/mol. The summed E-state index contributed by atoms with van der Waals surface area (Å²) in [5.74, 6) is 0.196. The van der Waals surface area contributed by atoms with Crippen LogP contribution >= 0.6 is 0 Å². The number of hydrogen-bond acceptors (Lipinski definition) is 4. The summed E-state index contributed by atoms with van der Waals surface area (Å²) in [4.78, 5) is 43.8. The summed E-state index contributed by atoms with van der Waals surface area (Å²) in [7, 11) is 0. The minimum absolute atomic E-state index is 0.0455. The Balaban J connectivity index is 1.57. The average molecular weight is 532 g/mol. The number of fused-ring (bicyclic) bond motifs is 1. The van der Waals surface area contributed by atoms with Gasteiger partial charge in [-0.1, -0.05) is 75.1 Å². The van der Waals surface area contributed by atoms with Gasteiger partial charge in [-0.25, -0.2) is 4.79 Å². The molecule has 0 bridgehead atoms. The van der Waals surface area contributed by atoms with Gasteiger partial charge in [0.2, 0.25) is 5.91 Å². The zero-order valence-corrected chi connectivity index (χ0v) is 23.4. The molecule has 1 aromatic heterocycles. The van der Waals surface area contributed by atoms with E-state index in [4.69, 9.17) is 4.42 Å². The molecule has 208 valence electrons. The first-order valence-corrected chi connectivity index (χ1v) is 14.2. The SMILES string of the molecule is Cc1ccc2occ(CN(Cc3ccccc3)C(=O)CN(CCC(C)C)C(=O)NC3CCCCC3)c(=O)c2c1. The van der Waals surface area contributed by atoms with E-state index in [1.165, 1.54) is 12.7 Å². The summed E-state index contributed by atoms with van der Waals surface area (Å²) in [5.41, 5.74) is 2.71. The second-order valence-corrected chi connectivity index (χ2v) is 11.2. The molecule has 39 heavy (non-hydrogen) atoms. The van der Waals surface area contributed by atoms with Crippen LogP contribution < -0.4 is 10.7 Å². The largest absolute Gasteiger partial charge is 0.464 e. The molecular formula is C32H41N3O4. The molecule has 0 atom stereocenters. The Bertz CT molecular complexity index is 1310. The molecule has 1 fully saturated rings. The Morgan fingerprint density at radius 2 is 1.74 bits per heavy atom. The van der Waals surface area contributed by atoms with Gasteiger partial charge >= 0.3 is 6.03 Å². The van der Waals surface area contributed by atoms with Crippen LogP contribution in [0.5, 0.6) is 0 Å². The van der Waals surface area contributed by atoms with Crippen molar-refractivity contribution in [2.75, 3.05) is 13.1 Å². The van der Waals surface area contributed by atoms with Gasteiger partial charge in [0.1, 0.15) is 12.1 Å². The molecule has 0 saturated heterocycles. The Hall–Kier alpha value is -3.61. The van der Waals surface area contributed by atoms with E-state index in [2.05, 4.69) is 19.2 Å². The molecule has 1 aliphatic carbocycles. The van der Waals surface area contributed by atoms with Crippen molar-refractivity contribution in [3.8, 4) is 0 Å². The molecule has 0 aliphatic heterocycles. The van der Waals surface area contributed by atoms with E-state index in [1.807, 2.05) is 49.4 Å². The van der Waals surface area contributed by atoms with Gasteiger partial charge in [-0.05, 0) is 49.8 Å². The fourth-order valence-electron chi connectivity index (χ4n) is 5.08. The van der Waals surface area contributed by atoms with Crippen molar-refractivity contribution in [3.63, 3.8) is 0 Å². The Morgan fingerprint density at radius 3 is 2.46 bits per heavy atom. The quantitative estimate of drug-likeness (QED) is 0.347. The van der Waals surface area contributed by atoms with Gasteiger partial charge in [-0.3, -0.25) is 9.59 Å². The van der Waals surface area contributed by atoms with Gasteiger partial charge in [-0.2, -0.15) is 0 Å². The highest BCUT2D eigenvalue weighted by Crippen LogP contribution is 2.19. The normalized spacial score (nSPS) is 13.9. The van der Waals surface area contributed by atoms with Crippen LogP contribution in [0.25, 0.3) is 11.0 Å². The Kier molecular flexibility index (Phi) is 9.79. The summed E-state index contributed by atoms with van der Waals surface area (Å²) in [6, 6.07) is 15.2. The molecule has 3 amide bonds. The maximum Gasteiger partial charge on any atom is 0.318 e. The summed E-state index contributed by atoms with van der Waals surface area (Å²) >= 11 is 0. The molecular weight excluding hydrogens is 490 g/mol. The second-order valence-electron chi connectivity index (χ2n) is 11.2. The molecule has 1 saturated carbocycles. The first-order valence-electron chi connectivity index (χ1n) is 14.2. The highest BCUT2D eigenvalue weighted by Gasteiger charge is 2.25. The maximum atomic E-state index is 13.8. The van der Waals surface area contributed by atoms with E-state index in [0.29, 0.717) is 35.5 Å². The van der Waals surface area contributed by atoms with E-state index < -0.39 is 0 Å². The Labute approximate surface area is 231 Å². The summed E-state index contributed by atoms with van der Waals surface area (Å²) < 4.78 is 5.77. The van der Waals surface area contributed by atoms with Crippen molar-refractivity contribution in [2.45, 2.75) is 78.4 Å². The summed E-state index contributed by atoms with van der Waals surface area (Å²) in [6.07, 6.45) is 7.67. The number of nitrogens with one attached hydrogen (secondary N) is 1. The van der Waals surface area contributed by atoms with E-state index in [9.17, 15) is 14.4 Å². The third-order valence-corrected chi connectivity index (χ3v) is 7.45. The number of benzene rings is 2. The molecule has 0 unspecified atom stereocenters. The predicted octanol–water partition coefficient (Wildman–Crippen LogP) is 6.02. The number of amides is 3. The van der Waals surface area contributed by atoms with Crippen LogP contribution in [0.3, 0.4) is 0 Å². The molecule has 1 aliphatic rings. The van der Waals surface area contributed by atoms with Crippen LogP contribution in [0.2, 0.25) is 0 Å². The number of carbonyl (C=O) groups excluding carboxylic acids is 2. The molecule has 0 radical (unpaired) electrons. The third kappa shape index (κ3) is 7.94. The van der Waals surface area contributed by atoms with Crippen molar-refractivity contribution in [1.29, 1.82) is 0 Å². The van der Waals surface area contributed by atoms with Gasteiger partial charge < -0.3 is 19.5 Å². The second kappa shape index (κ2) is 13.5. The molecule has 1 heterocycles. The topological polar surface area (TPSA) is 82.9 Å². The van der Waals surface area contributed by atoms with Gasteiger partial charge in [0, 0.05) is 19.1 Å². The molecule has 2 aromatic carbocycles. The van der Waals surface area contributed by atoms with Crippen molar-refractivity contribution < 1.29 is 14.0 Å². The molecule has 4 rings (SSSR count). The zero-order chi connectivity index (χ0) is 27.8. The van der Waals surface area contributed by atoms with E-state index >= 15 is 0 Å². The van der Waals surface area contributed by atoms with Crippen LogP contribution in [0.1, 0.15) is 69.1 Å². The van der Waals surface area contributed by atoms with Gasteiger partial charge in [-0.15, -0.1) is 0 Å². The van der Waals surface area contributed by atoms with Crippen LogP contribution in [-0.2, 0) is 17.9 Å². The van der Waals surface area contributed by atoms with Gasteiger partial charge in [0.05, 0.1) is 23.8 Å². The van der Waals surface area contributed by atoms with Crippen LogP contribution in [0.15, 0.2) is 64.0 Å². The molecule has 3 aromatic rings. The molecule has 0 spiro atoms. The number of aryl methyl sites for hydroxylation is 1. The van der Waals surface area contributed by atoms with Crippen molar-refractivity contribution in [2.24, 2.45) is 5.92 Å². The first-order chi connectivity index (χ1) is 18.8. The predicted molar refractivity (Wildman–Crippen MR) is 154 cm³/mol. The van der Waals surface area contributed by atoms with Crippen molar-refractivity contribution in [1.82, 2.24) is 15.1 Å². The van der Waals surface area contributed by atoms with E-state index in [-0.39, 0.29) is 36.5 Å². The number of urea groups is 1. The van der Waals surface area contributed by atoms with Crippen LogP contribution in [-0.4, -0.2) is 40.9 Å². The molecule has 1 N–H and O–H groups in total. The van der Waals surface area contributed by atoms with E-state index in [1.54, 1.807) is 15.9 Å². The first kappa shape index (κ1) is 28.4. The molecule has 7 heteroatoms. The zero-order valence-electron chi connectivity index (χ0n) is 23.4. The minimum atomic E-state index is -0.204. The lowest BCUT2D eigenvalue weighted by Crippen LogP contribution is -2.50. The Morgan fingerprint density at radius 1 is 1.00 bits per heavy atom. The summed E-state index contributed by atoms with van der Waals surface area (Å²) in [5, 5.41) is 3.68. The maximum absolute atomic E-state index is 13.8. The van der Waals surface area contributed by atoms with Crippen LogP contribution in [0.4, 0.5) is 4.79 Å². The number of hydrogen-bond donors (Lipinski definition) is 1. The number of nitrogens with zero attached hydrogens (tertiary/aromatic N) is 2. The highest BCUT2D eigenvalue weighted by atomic mass is 16.3. The number of rotatable bonds is 10. The lowest BCUT2D eigenvalue weighted by molar-refractivity contribution is -0.133. The van der Waals surface area contributed by atoms with Crippen LogP contribution in [0, 0.1) is 12.8 Å². The van der Waals surface area contributed by atoms with Crippen molar-refractivity contribution in [3.05, 3.63) is 81.7 Å². The molecule has 7 nitrogen and oxygen atoms in total. The van der Waals surface area contributed by atoms with Gasteiger partial charge in [0.25, 0.3) is 0 Å². The van der Waals surface area contributed by atoms with Crippen molar-refractivity contribution >= 4 is 22.9 Å². The third-order valence-electron chi connectivity index (χ3n) is 7.45. The smallest absolute Gasteiger partial charge is 0.318 e. The lowest BCUT2D eigenvalue weighted by atomic mass is 9.96. The highest BCUT2D eigenvalue weighted by molar-refractivity contribution is 5.84. The van der Waals surface area contributed by atoms with E-state index in [0.717, 1.165) is 43.2 Å². The average Bonchev–Trinajstić information content (AvgIpc) is 2.93.